The third-order valence-electron chi connectivity index (χ3n) is 2.70. The lowest BCUT2D eigenvalue weighted by atomic mass is 10.0. The van der Waals surface area contributed by atoms with Crippen molar-refractivity contribution in [1.29, 1.82) is 0 Å². The first-order valence-corrected chi connectivity index (χ1v) is 5.83. The topological polar surface area (TPSA) is 41.1 Å². The van der Waals surface area contributed by atoms with E-state index in [1.165, 1.54) is 19.3 Å². The van der Waals surface area contributed by atoms with E-state index in [0.29, 0.717) is 12.5 Å². The normalized spacial score (nSPS) is 23.8. The second kappa shape index (κ2) is 6.82. The van der Waals surface area contributed by atoms with Crippen molar-refractivity contribution in [1.82, 2.24) is 10.6 Å². The van der Waals surface area contributed by atoms with Crippen LogP contribution in [-0.2, 0) is 4.79 Å². The molecule has 0 bridgehead atoms. The SMILES string of the molecule is CCCCC[C@@H]1CC(=O)NCCCN1. The second-order valence-corrected chi connectivity index (χ2v) is 4.05. The predicted molar refractivity (Wildman–Crippen MR) is 58.2 cm³/mol. The number of carbonyl (C=O) groups is 1. The average molecular weight is 198 g/mol. The molecule has 0 unspecified atom stereocenters. The maximum Gasteiger partial charge on any atom is 0.221 e. The summed E-state index contributed by atoms with van der Waals surface area (Å²) < 4.78 is 0. The Labute approximate surface area is 86.6 Å². The highest BCUT2D eigenvalue weighted by atomic mass is 16.1. The molecule has 1 aliphatic heterocycles. The lowest BCUT2D eigenvalue weighted by Gasteiger charge is -2.21. The molecular formula is C11H22N2O. The molecule has 82 valence electrons. The van der Waals surface area contributed by atoms with Crippen molar-refractivity contribution in [2.45, 2.75) is 51.5 Å². The highest BCUT2D eigenvalue weighted by molar-refractivity contribution is 5.76. The van der Waals surface area contributed by atoms with Crippen molar-refractivity contribution >= 4 is 5.91 Å². The fraction of sp³-hybridized carbons (Fsp3) is 0.909. The van der Waals surface area contributed by atoms with Crippen LogP contribution in [-0.4, -0.2) is 25.0 Å². The van der Waals surface area contributed by atoms with Gasteiger partial charge in [0.1, 0.15) is 0 Å². The second-order valence-electron chi connectivity index (χ2n) is 4.05. The van der Waals surface area contributed by atoms with Gasteiger partial charge < -0.3 is 10.6 Å². The Hall–Kier alpha value is -0.570. The summed E-state index contributed by atoms with van der Waals surface area (Å²) in [6, 6.07) is 0.404. The molecule has 14 heavy (non-hydrogen) atoms. The van der Waals surface area contributed by atoms with Gasteiger partial charge in [0.05, 0.1) is 0 Å². The number of hydrogen-bond acceptors (Lipinski definition) is 2. The Balaban J connectivity index is 2.22. The highest BCUT2D eigenvalue weighted by Gasteiger charge is 2.14. The van der Waals surface area contributed by atoms with E-state index in [-0.39, 0.29) is 5.91 Å². The largest absolute Gasteiger partial charge is 0.356 e. The van der Waals surface area contributed by atoms with Crippen LogP contribution in [0.1, 0.15) is 45.4 Å². The molecule has 1 aliphatic rings. The third-order valence-corrected chi connectivity index (χ3v) is 2.70. The number of hydrogen-bond donors (Lipinski definition) is 2. The number of nitrogens with one attached hydrogen (secondary N) is 2. The van der Waals surface area contributed by atoms with Gasteiger partial charge in [0, 0.05) is 19.0 Å². The molecule has 2 N–H and O–H groups in total. The van der Waals surface area contributed by atoms with E-state index in [1.54, 1.807) is 0 Å². The van der Waals surface area contributed by atoms with Crippen LogP contribution >= 0.6 is 0 Å². The molecule has 1 heterocycles. The number of unbranched alkanes of at least 4 members (excludes halogenated alkanes) is 2. The van der Waals surface area contributed by atoms with Gasteiger partial charge in [0.2, 0.25) is 5.91 Å². The molecule has 0 saturated carbocycles. The molecule has 0 radical (unpaired) electrons. The van der Waals surface area contributed by atoms with Gasteiger partial charge in [0.15, 0.2) is 0 Å². The van der Waals surface area contributed by atoms with Crippen LogP contribution in [0, 0.1) is 0 Å². The van der Waals surface area contributed by atoms with E-state index in [1.807, 2.05) is 0 Å². The Morgan fingerprint density at radius 2 is 2.21 bits per heavy atom. The Morgan fingerprint density at radius 1 is 1.36 bits per heavy atom. The minimum Gasteiger partial charge on any atom is -0.356 e. The van der Waals surface area contributed by atoms with Crippen molar-refractivity contribution in [3.8, 4) is 0 Å². The smallest absolute Gasteiger partial charge is 0.221 e. The molecule has 3 heteroatoms. The Bertz CT molecular complexity index is 171. The van der Waals surface area contributed by atoms with Gasteiger partial charge in [-0.3, -0.25) is 4.79 Å². The predicted octanol–water partition coefficient (Wildman–Crippen LogP) is 1.43. The van der Waals surface area contributed by atoms with Crippen molar-refractivity contribution < 1.29 is 4.79 Å². The summed E-state index contributed by atoms with van der Waals surface area (Å²) in [5.74, 6) is 0.207. The molecule has 1 saturated heterocycles. The van der Waals surface area contributed by atoms with Crippen molar-refractivity contribution in [3.05, 3.63) is 0 Å². The van der Waals surface area contributed by atoms with Gasteiger partial charge in [-0.15, -0.1) is 0 Å². The van der Waals surface area contributed by atoms with E-state index in [0.717, 1.165) is 25.9 Å². The quantitative estimate of drug-likeness (QED) is 0.671. The number of carbonyl (C=O) groups excluding carboxylic acids is 1. The summed E-state index contributed by atoms with van der Waals surface area (Å²) in [6.07, 6.45) is 6.61. The van der Waals surface area contributed by atoms with E-state index in [2.05, 4.69) is 17.6 Å². The first kappa shape index (κ1) is 11.5. The third kappa shape index (κ3) is 4.61. The summed E-state index contributed by atoms with van der Waals surface area (Å²) in [6.45, 7) is 4.07. The number of rotatable bonds is 4. The first-order chi connectivity index (χ1) is 6.83. The molecular weight excluding hydrogens is 176 g/mol. The minimum atomic E-state index is 0.207. The maximum absolute atomic E-state index is 11.3. The molecule has 3 nitrogen and oxygen atoms in total. The zero-order chi connectivity index (χ0) is 10.2. The van der Waals surface area contributed by atoms with E-state index < -0.39 is 0 Å². The average Bonchev–Trinajstić information content (AvgIpc) is 2.13. The summed E-state index contributed by atoms with van der Waals surface area (Å²) in [5.41, 5.74) is 0. The van der Waals surface area contributed by atoms with E-state index >= 15 is 0 Å². The highest BCUT2D eigenvalue weighted by Crippen LogP contribution is 2.07. The Morgan fingerprint density at radius 3 is 3.00 bits per heavy atom. The van der Waals surface area contributed by atoms with Gasteiger partial charge in [-0.2, -0.15) is 0 Å². The van der Waals surface area contributed by atoms with Gasteiger partial charge in [-0.05, 0) is 19.4 Å². The van der Waals surface area contributed by atoms with Gasteiger partial charge in [0.25, 0.3) is 0 Å². The van der Waals surface area contributed by atoms with Crippen LogP contribution in [0.3, 0.4) is 0 Å². The van der Waals surface area contributed by atoms with Crippen LogP contribution in [0.5, 0.6) is 0 Å². The Kier molecular flexibility index (Phi) is 5.60. The minimum absolute atomic E-state index is 0.207. The molecule has 0 aromatic carbocycles. The van der Waals surface area contributed by atoms with E-state index in [9.17, 15) is 4.79 Å². The van der Waals surface area contributed by atoms with Crippen LogP contribution in [0.15, 0.2) is 0 Å². The standard InChI is InChI=1S/C11H22N2O/c1-2-3-4-6-10-9-11(14)13-8-5-7-12-10/h10,12H,2-9H2,1H3,(H,13,14)/t10-/m1/s1. The van der Waals surface area contributed by atoms with Crippen molar-refractivity contribution in [3.63, 3.8) is 0 Å². The fourth-order valence-electron chi connectivity index (χ4n) is 1.84. The zero-order valence-corrected chi connectivity index (χ0v) is 9.14. The van der Waals surface area contributed by atoms with Gasteiger partial charge >= 0.3 is 0 Å². The molecule has 1 amide bonds. The fourth-order valence-corrected chi connectivity index (χ4v) is 1.84. The van der Waals surface area contributed by atoms with Gasteiger partial charge in [-0.25, -0.2) is 0 Å². The molecule has 0 aliphatic carbocycles. The maximum atomic E-state index is 11.3. The van der Waals surface area contributed by atoms with Crippen molar-refractivity contribution in [2.75, 3.05) is 13.1 Å². The van der Waals surface area contributed by atoms with E-state index in [4.69, 9.17) is 0 Å². The van der Waals surface area contributed by atoms with Crippen LogP contribution in [0.4, 0.5) is 0 Å². The summed E-state index contributed by atoms with van der Waals surface area (Å²) in [7, 11) is 0. The van der Waals surface area contributed by atoms with Crippen LogP contribution in [0.25, 0.3) is 0 Å². The summed E-state index contributed by atoms with van der Waals surface area (Å²) in [4.78, 5) is 11.3. The molecule has 0 spiro atoms. The lowest BCUT2D eigenvalue weighted by Crippen LogP contribution is -2.40. The lowest BCUT2D eigenvalue weighted by molar-refractivity contribution is -0.121. The van der Waals surface area contributed by atoms with Crippen LogP contribution in [0.2, 0.25) is 0 Å². The zero-order valence-electron chi connectivity index (χ0n) is 9.14. The van der Waals surface area contributed by atoms with Crippen molar-refractivity contribution in [2.24, 2.45) is 0 Å². The van der Waals surface area contributed by atoms with Crippen LogP contribution < -0.4 is 10.6 Å². The van der Waals surface area contributed by atoms with Gasteiger partial charge in [-0.1, -0.05) is 26.2 Å². The molecule has 0 aromatic heterocycles. The molecule has 1 atom stereocenters. The molecule has 1 rings (SSSR count). The summed E-state index contributed by atoms with van der Waals surface area (Å²) >= 11 is 0. The number of amides is 1. The first-order valence-electron chi connectivity index (χ1n) is 5.83. The molecule has 1 fully saturated rings. The monoisotopic (exact) mass is 198 g/mol. The molecule has 0 aromatic rings. The summed E-state index contributed by atoms with van der Waals surface area (Å²) in [5, 5.41) is 6.38.